The summed E-state index contributed by atoms with van der Waals surface area (Å²) < 4.78 is 6.01. The highest BCUT2D eigenvalue weighted by Gasteiger charge is 2.34. The summed E-state index contributed by atoms with van der Waals surface area (Å²) in [5, 5.41) is 14.2. The molecule has 1 atom stereocenters. The number of carbonyl (C=O) groups excluding carboxylic acids is 1. The van der Waals surface area contributed by atoms with Crippen LogP contribution in [0.5, 0.6) is 5.75 Å². The van der Waals surface area contributed by atoms with Crippen LogP contribution in [-0.4, -0.2) is 16.4 Å². The molecule has 0 aliphatic carbocycles. The summed E-state index contributed by atoms with van der Waals surface area (Å²) in [4.78, 5) is 23.3. The van der Waals surface area contributed by atoms with Crippen LogP contribution in [-0.2, 0) is 11.2 Å². The third-order valence-electron chi connectivity index (χ3n) is 4.50. The van der Waals surface area contributed by atoms with Crippen molar-refractivity contribution in [3.63, 3.8) is 0 Å². The Morgan fingerprint density at radius 2 is 2.04 bits per heavy atom. The smallest absolute Gasteiger partial charge is 0.273 e. The van der Waals surface area contributed by atoms with Crippen LogP contribution in [0.4, 0.5) is 5.69 Å². The van der Waals surface area contributed by atoms with E-state index in [1.165, 1.54) is 6.07 Å². The number of nitrogens with one attached hydrogen (secondary N) is 1. The number of benzene rings is 2. The number of amides is 1. The van der Waals surface area contributed by atoms with Gasteiger partial charge in [0.1, 0.15) is 11.4 Å². The standard InChI is InChI=1S/C20H22N2O4/c1-13-8-9-18-15(10-13)16(12-20(2,3)26-18)21-19(23)11-14-6-4-5-7-17(14)22(24)25/h4-10,16H,11-12H2,1-3H3,(H,21,23)/t16-/m1/s1. The van der Waals surface area contributed by atoms with Crippen molar-refractivity contribution in [1.82, 2.24) is 5.32 Å². The maximum absolute atomic E-state index is 12.6. The van der Waals surface area contributed by atoms with Crippen LogP contribution in [0.25, 0.3) is 0 Å². The van der Waals surface area contributed by atoms with Gasteiger partial charge in [-0.1, -0.05) is 35.9 Å². The van der Waals surface area contributed by atoms with Gasteiger partial charge in [0, 0.05) is 23.6 Å². The number of nitro benzene ring substituents is 1. The quantitative estimate of drug-likeness (QED) is 0.667. The van der Waals surface area contributed by atoms with E-state index in [-0.39, 0.29) is 24.1 Å². The summed E-state index contributed by atoms with van der Waals surface area (Å²) in [5.74, 6) is 0.525. The minimum Gasteiger partial charge on any atom is -0.487 e. The summed E-state index contributed by atoms with van der Waals surface area (Å²) in [6, 6.07) is 12.1. The maximum Gasteiger partial charge on any atom is 0.273 e. The first-order chi connectivity index (χ1) is 12.2. The number of nitro groups is 1. The van der Waals surface area contributed by atoms with Crippen LogP contribution in [0.2, 0.25) is 0 Å². The van der Waals surface area contributed by atoms with Gasteiger partial charge in [0.05, 0.1) is 17.4 Å². The van der Waals surface area contributed by atoms with E-state index >= 15 is 0 Å². The first-order valence-corrected chi connectivity index (χ1v) is 8.56. The van der Waals surface area contributed by atoms with Crippen molar-refractivity contribution in [3.05, 3.63) is 69.3 Å². The molecule has 0 saturated carbocycles. The summed E-state index contributed by atoms with van der Waals surface area (Å²) in [5.41, 5.74) is 2.00. The van der Waals surface area contributed by atoms with E-state index in [4.69, 9.17) is 4.74 Å². The number of nitrogens with zero attached hydrogens (tertiary/aromatic N) is 1. The molecule has 26 heavy (non-hydrogen) atoms. The number of aryl methyl sites for hydroxylation is 1. The molecule has 1 N–H and O–H groups in total. The predicted octanol–water partition coefficient (Wildman–Crippen LogP) is 3.86. The van der Waals surface area contributed by atoms with Crippen molar-refractivity contribution in [2.24, 2.45) is 0 Å². The van der Waals surface area contributed by atoms with Crippen molar-refractivity contribution in [3.8, 4) is 5.75 Å². The van der Waals surface area contributed by atoms with Crippen molar-refractivity contribution >= 4 is 11.6 Å². The Morgan fingerprint density at radius 1 is 1.31 bits per heavy atom. The lowest BCUT2D eigenvalue weighted by Crippen LogP contribution is -2.41. The Labute approximate surface area is 152 Å². The SMILES string of the molecule is Cc1ccc2c(c1)[C@H](NC(=O)Cc1ccccc1[N+](=O)[O-])CC(C)(C)O2. The average Bonchev–Trinajstić information content (AvgIpc) is 2.55. The molecule has 1 aliphatic rings. The van der Waals surface area contributed by atoms with Crippen molar-refractivity contribution in [2.45, 2.75) is 45.3 Å². The van der Waals surface area contributed by atoms with Gasteiger partial charge in [-0.15, -0.1) is 0 Å². The highest BCUT2D eigenvalue weighted by atomic mass is 16.6. The van der Waals surface area contributed by atoms with Gasteiger partial charge >= 0.3 is 0 Å². The molecule has 2 aromatic rings. The second-order valence-electron chi connectivity index (χ2n) is 7.29. The molecule has 3 rings (SSSR count). The molecule has 6 nitrogen and oxygen atoms in total. The fourth-order valence-electron chi connectivity index (χ4n) is 3.36. The Balaban J connectivity index is 1.82. The van der Waals surface area contributed by atoms with Gasteiger partial charge in [0.15, 0.2) is 0 Å². The topological polar surface area (TPSA) is 81.5 Å². The zero-order valence-electron chi connectivity index (χ0n) is 15.1. The fourth-order valence-corrected chi connectivity index (χ4v) is 3.36. The third-order valence-corrected chi connectivity index (χ3v) is 4.50. The van der Waals surface area contributed by atoms with Crippen LogP contribution in [0.15, 0.2) is 42.5 Å². The van der Waals surface area contributed by atoms with Crippen molar-refractivity contribution in [2.75, 3.05) is 0 Å². The highest BCUT2D eigenvalue weighted by molar-refractivity contribution is 5.80. The van der Waals surface area contributed by atoms with E-state index in [1.807, 2.05) is 39.0 Å². The van der Waals surface area contributed by atoms with Gasteiger partial charge in [-0.2, -0.15) is 0 Å². The van der Waals surface area contributed by atoms with Crippen LogP contribution < -0.4 is 10.1 Å². The lowest BCUT2D eigenvalue weighted by atomic mass is 9.88. The maximum atomic E-state index is 12.6. The van der Waals surface area contributed by atoms with Crippen molar-refractivity contribution < 1.29 is 14.5 Å². The second kappa shape index (κ2) is 6.78. The number of hydrogen-bond donors (Lipinski definition) is 1. The molecular weight excluding hydrogens is 332 g/mol. The summed E-state index contributed by atoms with van der Waals surface area (Å²) >= 11 is 0. The molecule has 0 unspecified atom stereocenters. The predicted molar refractivity (Wildman–Crippen MR) is 98.2 cm³/mol. The van der Waals surface area contributed by atoms with E-state index in [0.717, 1.165) is 16.9 Å². The van der Waals surface area contributed by atoms with Gasteiger partial charge in [-0.25, -0.2) is 0 Å². The Morgan fingerprint density at radius 3 is 2.77 bits per heavy atom. The number of para-hydroxylation sites is 1. The molecule has 136 valence electrons. The lowest BCUT2D eigenvalue weighted by molar-refractivity contribution is -0.385. The van der Waals surface area contributed by atoms with Crippen LogP contribution in [0.3, 0.4) is 0 Å². The van der Waals surface area contributed by atoms with E-state index in [2.05, 4.69) is 5.32 Å². The van der Waals surface area contributed by atoms with Crippen LogP contribution >= 0.6 is 0 Å². The van der Waals surface area contributed by atoms with E-state index in [9.17, 15) is 14.9 Å². The second-order valence-corrected chi connectivity index (χ2v) is 7.29. The Kier molecular flexibility index (Phi) is 4.68. The fraction of sp³-hybridized carbons (Fsp3) is 0.350. The van der Waals surface area contributed by atoms with Crippen LogP contribution in [0, 0.1) is 17.0 Å². The zero-order valence-corrected chi connectivity index (χ0v) is 15.1. The first kappa shape index (κ1) is 17.9. The molecule has 0 radical (unpaired) electrons. The van der Waals surface area contributed by atoms with Crippen molar-refractivity contribution in [1.29, 1.82) is 0 Å². The normalized spacial score (nSPS) is 17.7. The number of hydrogen-bond acceptors (Lipinski definition) is 4. The number of fused-ring (bicyclic) bond motifs is 1. The minimum atomic E-state index is -0.459. The van der Waals surface area contributed by atoms with E-state index < -0.39 is 10.5 Å². The van der Waals surface area contributed by atoms with Gasteiger partial charge in [0.2, 0.25) is 5.91 Å². The minimum absolute atomic E-state index is 0.0317. The molecule has 2 aromatic carbocycles. The number of carbonyl (C=O) groups is 1. The Hall–Kier alpha value is -2.89. The molecule has 1 aliphatic heterocycles. The molecule has 1 heterocycles. The van der Waals surface area contributed by atoms with Crippen LogP contribution in [0.1, 0.15) is 43.0 Å². The van der Waals surface area contributed by atoms with E-state index in [0.29, 0.717) is 12.0 Å². The van der Waals surface area contributed by atoms with Gasteiger partial charge in [-0.3, -0.25) is 14.9 Å². The third kappa shape index (κ3) is 3.85. The van der Waals surface area contributed by atoms with Gasteiger partial charge < -0.3 is 10.1 Å². The highest BCUT2D eigenvalue weighted by Crippen LogP contribution is 2.39. The van der Waals surface area contributed by atoms with Gasteiger partial charge in [-0.05, 0) is 26.8 Å². The summed E-state index contributed by atoms with van der Waals surface area (Å²) in [6.45, 7) is 5.96. The Bertz CT molecular complexity index is 861. The molecule has 6 heteroatoms. The molecule has 1 amide bonds. The first-order valence-electron chi connectivity index (χ1n) is 8.56. The molecular formula is C20H22N2O4. The molecule has 0 bridgehead atoms. The molecule has 0 saturated heterocycles. The number of ether oxygens (including phenoxy) is 1. The average molecular weight is 354 g/mol. The monoisotopic (exact) mass is 354 g/mol. The molecule has 0 fully saturated rings. The largest absolute Gasteiger partial charge is 0.487 e. The zero-order chi connectivity index (χ0) is 18.9. The lowest BCUT2D eigenvalue weighted by Gasteiger charge is -2.38. The summed E-state index contributed by atoms with van der Waals surface area (Å²) in [7, 11) is 0. The summed E-state index contributed by atoms with van der Waals surface area (Å²) in [6.07, 6.45) is 0.599. The van der Waals surface area contributed by atoms with E-state index in [1.54, 1.807) is 18.2 Å². The van der Waals surface area contributed by atoms with Gasteiger partial charge in [0.25, 0.3) is 5.69 Å². The molecule has 0 spiro atoms. The number of rotatable bonds is 4. The molecule has 0 aromatic heterocycles.